The molecule has 0 bridgehead atoms. The van der Waals surface area contributed by atoms with Crippen molar-refractivity contribution in [3.05, 3.63) is 35.9 Å². The second-order valence-corrected chi connectivity index (χ2v) is 8.41. The number of fused-ring (bicyclic) bond motifs is 1. The van der Waals surface area contributed by atoms with Crippen LogP contribution in [0.4, 0.5) is 18.4 Å². The summed E-state index contributed by atoms with van der Waals surface area (Å²) in [5.41, 5.74) is -0.0176. The lowest BCUT2D eigenvalue weighted by molar-refractivity contribution is -0.0506. The number of rotatable bonds is 2. The van der Waals surface area contributed by atoms with Crippen molar-refractivity contribution in [2.45, 2.75) is 70.4 Å². The summed E-state index contributed by atoms with van der Waals surface area (Å²) in [7, 11) is 0. The molecule has 0 aliphatic carbocycles. The fraction of sp³-hybridized carbons (Fsp3) is 0.600. The van der Waals surface area contributed by atoms with E-state index >= 15 is 0 Å². The third-order valence-corrected chi connectivity index (χ3v) is 4.98. The van der Waals surface area contributed by atoms with Gasteiger partial charge in [-0.15, -0.1) is 0 Å². The first kappa shape index (κ1) is 20.4. The highest BCUT2D eigenvalue weighted by atomic mass is 19.3. The van der Waals surface area contributed by atoms with Crippen LogP contribution in [0.5, 0.6) is 0 Å². The van der Waals surface area contributed by atoms with E-state index in [4.69, 9.17) is 9.47 Å². The Bertz CT molecular complexity index is 735. The molecule has 2 aliphatic heterocycles. The second-order valence-electron chi connectivity index (χ2n) is 8.41. The van der Waals surface area contributed by atoms with Gasteiger partial charge in [-0.05, 0) is 39.7 Å². The molecular formula is C20H26F2N2O4. The number of amides is 2. The number of nitrogens with zero attached hydrogens (tertiary/aromatic N) is 2. The Morgan fingerprint density at radius 1 is 1.18 bits per heavy atom. The summed E-state index contributed by atoms with van der Waals surface area (Å²) in [4.78, 5) is 27.2. The summed E-state index contributed by atoms with van der Waals surface area (Å²) < 4.78 is 40.1. The molecule has 2 fully saturated rings. The minimum atomic E-state index is -3.24. The third kappa shape index (κ3) is 4.05. The van der Waals surface area contributed by atoms with Gasteiger partial charge in [0.1, 0.15) is 18.2 Å². The molecule has 0 spiro atoms. The Labute approximate surface area is 163 Å². The second kappa shape index (κ2) is 7.22. The van der Waals surface area contributed by atoms with Crippen LogP contribution in [0.1, 0.15) is 39.7 Å². The number of hydrogen-bond acceptors (Lipinski definition) is 4. The largest absolute Gasteiger partial charge is 0.445 e. The van der Waals surface area contributed by atoms with Gasteiger partial charge in [0, 0.05) is 6.04 Å². The zero-order valence-electron chi connectivity index (χ0n) is 16.5. The molecule has 2 saturated heterocycles. The number of hydrogen-bond donors (Lipinski definition) is 0. The molecule has 8 heteroatoms. The van der Waals surface area contributed by atoms with E-state index in [1.54, 1.807) is 39.8 Å². The fourth-order valence-corrected chi connectivity index (χ4v) is 3.88. The van der Waals surface area contributed by atoms with Crippen molar-refractivity contribution in [1.82, 2.24) is 9.80 Å². The van der Waals surface area contributed by atoms with Crippen LogP contribution in [0.3, 0.4) is 0 Å². The van der Waals surface area contributed by atoms with E-state index < -0.39 is 48.4 Å². The molecule has 0 N–H and O–H groups in total. The number of likely N-dealkylation sites (tertiary alicyclic amines) is 2. The molecule has 1 aromatic carbocycles. The van der Waals surface area contributed by atoms with Crippen LogP contribution in [0.15, 0.2) is 30.3 Å². The lowest BCUT2D eigenvalue weighted by Crippen LogP contribution is -2.50. The molecule has 0 saturated carbocycles. The SMILES string of the molecule is CC1CC2C(N1C(=O)OCc1ccccc1)C(F)(F)CN2C(=O)OC(C)(C)C. The van der Waals surface area contributed by atoms with Crippen molar-refractivity contribution in [1.29, 1.82) is 0 Å². The third-order valence-electron chi connectivity index (χ3n) is 4.98. The number of carbonyl (C=O) groups is 2. The van der Waals surface area contributed by atoms with Crippen molar-refractivity contribution in [3.8, 4) is 0 Å². The Balaban J connectivity index is 1.74. The normalized spacial score (nSPS) is 26.1. The summed E-state index contributed by atoms with van der Waals surface area (Å²) in [6.07, 6.45) is -1.33. The van der Waals surface area contributed by atoms with Gasteiger partial charge in [-0.1, -0.05) is 30.3 Å². The minimum absolute atomic E-state index is 0.00162. The Morgan fingerprint density at radius 2 is 1.82 bits per heavy atom. The monoisotopic (exact) mass is 396 g/mol. The highest BCUT2D eigenvalue weighted by Crippen LogP contribution is 2.44. The number of carbonyl (C=O) groups excluding carboxylic acids is 2. The minimum Gasteiger partial charge on any atom is -0.445 e. The maximum absolute atomic E-state index is 14.8. The Morgan fingerprint density at radius 3 is 2.43 bits per heavy atom. The summed E-state index contributed by atoms with van der Waals surface area (Å²) in [5, 5.41) is 0. The van der Waals surface area contributed by atoms with E-state index in [1.165, 1.54) is 0 Å². The standard InChI is InChI=1S/C20H26F2N2O4/c1-13-10-15-16(20(21,22)12-23(15)17(25)28-19(2,3)4)24(13)18(26)27-11-14-8-6-5-7-9-14/h5-9,13,15-16H,10-12H2,1-4H3. The van der Waals surface area contributed by atoms with E-state index in [0.717, 1.165) is 15.4 Å². The number of ether oxygens (including phenoxy) is 2. The highest BCUT2D eigenvalue weighted by Gasteiger charge is 2.64. The van der Waals surface area contributed by atoms with E-state index in [2.05, 4.69) is 0 Å². The Kier molecular flexibility index (Phi) is 5.25. The molecule has 2 heterocycles. The van der Waals surface area contributed by atoms with Gasteiger partial charge in [-0.25, -0.2) is 18.4 Å². The summed E-state index contributed by atoms with van der Waals surface area (Å²) in [6.45, 7) is 5.96. The molecule has 3 rings (SSSR count). The molecular weight excluding hydrogens is 370 g/mol. The first-order chi connectivity index (χ1) is 13.0. The molecule has 154 valence electrons. The maximum Gasteiger partial charge on any atom is 0.410 e. The van der Waals surface area contributed by atoms with Crippen LogP contribution in [0, 0.1) is 0 Å². The van der Waals surface area contributed by atoms with Crippen molar-refractivity contribution in [2.75, 3.05) is 6.54 Å². The van der Waals surface area contributed by atoms with Crippen LogP contribution < -0.4 is 0 Å². The van der Waals surface area contributed by atoms with E-state index in [1.807, 2.05) is 18.2 Å². The first-order valence-electron chi connectivity index (χ1n) is 9.36. The zero-order chi connectivity index (χ0) is 20.7. The predicted molar refractivity (Wildman–Crippen MR) is 98.0 cm³/mol. The van der Waals surface area contributed by atoms with Crippen molar-refractivity contribution in [3.63, 3.8) is 0 Å². The van der Waals surface area contributed by atoms with Crippen LogP contribution in [0.25, 0.3) is 0 Å². The average Bonchev–Trinajstić information content (AvgIpc) is 3.06. The lowest BCUT2D eigenvalue weighted by Gasteiger charge is -2.30. The smallest absolute Gasteiger partial charge is 0.410 e. The van der Waals surface area contributed by atoms with Crippen molar-refractivity contribution < 1.29 is 27.8 Å². The molecule has 0 aromatic heterocycles. The van der Waals surface area contributed by atoms with Crippen molar-refractivity contribution >= 4 is 12.2 Å². The molecule has 28 heavy (non-hydrogen) atoms. The molecule has 2 aliphatic rings. The fourth-order valence-electron chi connectivity index (χ4n) is 3.88. The number of alkyl halides is 2. The van der Waals surface area contributed by atoms with Crippen molar-refractivity contribution in [2.24, 2.45) is 0 Å². The molecule has 3 unspecified atom stereocenters. The van der Waals surface area contributed by atoms with E-state index in [9.17, 15) is 18.4 Å². The van der Waals surface area contributed by atoms with E-state index in [0.29, 0.717) is 0 Å². The number of halogens is 2. The van der Waals surface area contributed by atoms with Gasteiger partial charge >= 0.3 is 12.2 Å². The summed E-state index contributed by atoms with van der Waals surface area (Å²) in [5.74, 6) is -3.24. The zero-order valence-corrected chi connectivity index (χ0v) is 16.5. The predicted octanol–water partition coefficient (Wildman–Crippen LogP) is 4.04. The average molecular weight is 396 g/mol. The Hall–Kier alpha value is -2.38. The van der Waals surface area contributed by atoms with Gasteiger partial charge in [0.25, 0.3) is 5.92 Å². The highest BCUT2D eigenvalue weighted by molar-refractivity contribution is 5.72. The molecule has 0 radical (unpaired) electrons. The van der Waals surface area contributed by atoms with Crippen LogP contribution in [-0.2, 0) is 16.1 Å². The van der Waals surface area contributed by atoms with Crippen LogP contribution >= 0.6 is 0 Å². The van der Waals surface area contributed by atoms with Gasteiger partial charge in [-0.3, -0.25) is 9.80 Å². The lowest BCUT2D eigenvalue weighted by atomic mass is 10.1. The van der Waals surface area contributed by atoms with Gasteiger partial charge in [0.2, 0.25) is 0 Å². The maximum atomic E-state index is 14.8. The quantitative estimate of drug-likeness (QED) is 0.757. The number of benzene rings is 1. The van der Waals surface area contributed by atoms with Gasteiger partial charge < -0.3 is 9.47 Å². The van der Waals surface area contributed by atoms with Gasteiger partial charge in [-0.2, -0.15) is 0 Å². The van der Waals surface area contributed by atoms with E-state index in [-0.39, 0.29) is 13.0 Å². The first-order valence-corrected chi connectivity index (χ1v) is 9.36. The van der Waals surface area contributed by atoms with Gasteiger partial charge in [0.05, 0.1) is 12.6 Å². The molecule has 3 atom stereocenters. The summed E-state index contributed by atoms with van der Waals surface area (Å²) >= 11 is 0. The molecule has 6 nitrogen and oxygen atoms in total. The molecule has 2 amide bonds. The van der Waals surface area contributed by atoms with Crippen LogP contribution in [-0.4, -0.2) is 58.2 Å². The van der Waals surface area contributed by atoms with Crippen LogP contribution in [0.2, 0.25) is 0 Å². The summed E-state index contributed by atoms with van der Waals surface area (Å²) in [6, 6.07) is 6.33. The van der Waals surface area contributed by atoms with Gasteiger partial charge in [0.15, 0.2) is 0 Å². The topological polar surface area (TPSA) is 59.1 Å². The molecule has 1 aromatic rings.